The van der Waals surface area contributed by atoms with Gasteiger partial charge in [0.2, 0.25) is 0 Å². The molecule has 0 aliphatic carbocycles. The molecule has 1 aromatic carbocycles. The predicted molar refractivity (Wildman–Crippen MR) is 123 cm³/mol. The first-order valence-electron chi connectivity index (χ1n) is 9.65. The molecular weight excluding hydrogens is 483 g/mol. The SMILES string of the molecule is CCOC(=O)N1CCC(NC(N)=NCc2ccc(Cn3ccnc3)cc2)CC1.I. The van der Waals surface area contributed by atoms with E-state index in [0.717, 1.165) is 24.9 Å². The van der Waals surface area contributed by atoms with Gasteiger partial charge in [0.25, 0.3) is 0 Å². The number of rotatable bonds is 6. The first-order chi connectivity index (χ1) is 13.6. The number of guanidine groups is 1. The first-order valence-corrected chi connectivity index (χ1v) is 9.65. The topological polar surface area (TPSA) is 97.8 Å². The van der Waals surface area contributed by atoms with Crippen LogP contribution in [0.2, 0.25) is 0 Å². The number of hydrogen-bond donors (Lipinski definition) is 2. The zero-order chi connectivity index (χ0) is 19.8. The van der Waals surface area contributed by atoms with Gasteiger partial charge in [-0.15, -0.1) is 24.0 Å². The van der Waals surface area contributed by atoms with Crippen molar-refractivity contribution in [3.8, 4) is 0 Å². The number of benzene rings is 1. The number of imidazole rings is 1. The third kappa shape index (κ3) is 7.22. The summed E-state index contributed by atoms with van der Waals surface area (Å²) in [5.41, 5.74) is 8.36. The Balaban J connectivity index is 0.00000300. The Hall–Kier alpha value is -2.30. The first kappa shape index (κ1) is 23.0. The molecule has 1 aromatic heterocycles. The van der Waals surface area contributed by atoms with Gasteiger partial charge in [0.1, 0.15) is 0 Å². The van der Waals surface area contributed by atoms with Crippen LogP contribution in [-0.4, -0.2) is 52.2 Å². The van der Waals surface area contributed by atoms with E-state index in [0.29, 0.717) is 32.2 Å². The molecule has 1 amide bonds. The van der Waals surface area contributed by atoms with Crippen LogP contribution < -0.4 is 11.1 Å². The Morgan fingerprint density at radius 1 is 1.28 bits per heavy atom. The number of amides is 1. The summed E-state index contributed by atoms with van der Waals surface area (Å²) < 4.78 is 7.07. The number of carbonyl (C=O) groups is 1. The molecule has 0 unspecified atom stereocenters. The van der Waals surface area contributed by atoms with Gasteiger partial charge in [0, 0.05) is 38.1 Å². The number of hydrogen-bond acceptors (Lipinski definition) is 4. The van der Waals surface area contributed by atoms with Crippen LogP contribution in [0, 0.1) is 0 Å². The molecule has 2 heterocycles. The molecule has 29 heavy (non-hydrogen) atoms. The van der Waals surface area contributed by atoms with Crippen LogP contribution >= 0.6 is 24.0 Å². The molecule has 1 fully saturated rings. The summed E-state index contributed by atoms with van der Waals surface area (Å²) in [6.45, 7) is 4.89. The summed E-state index contributed by atoms with van der Waals surface area (Å²) in [7, 11) is 0. The van der Waals surface area contributed by atoms with E-state index in [4.69, 9.17) is 10.5 Å². The average Bonchev–Trinajstić information content (AvgIpc) is 3.21. The Morgan fingerprint density at radius 2 is 1.97 bits per heavy atom. The van der Waals surface area contributed by atoms with Crippen molar-refractivity contribution in [3.05, 3.63) is 54.1 Å². The Bertz CT molecular complexity index is 771. The lowest BCUT2D eigenvalue weighted by molar-refractivity contribution is 0.0963. The fourth-order valence-electron chi connectivity index (χ4n) is 3.19. The smallest absolute Gasteiger partial charge is 0.409 e. The van der Waals surface area contributed by atoms with Crippen LogP contribution in [0.1, 0.15) is 30.9 Å². The molecule has 1 aliphatic rings. The average molecular weight is 512 g/mol. The summed E-state index contributed by atoms with van der Waals surface area (Å²) >= 11 is 0. The van der Waals surface area contributed by atoms with Crippen LogP contribution in [0.3, 0.4) is 0 Å². The van der Waals surface area contributed by atoms with E-state index in [9.17, 15) is 4.79 Å². The minimum absolute atomic E-state index is 0. The summed E-state index contributed by atoms with van der Waals surface area (Å²) in [6, 6.07) is 8.56. The fourth-order valence-corrected chi connectivity index (χ4v) is 3.19. The Labute approximate surface area is 188 Å². The largest absolute Gasteiger partial charge is 0.450 e. The molecule has 8 nitrogen and oxygen atoms in total. The van der Waals surface area contributed by atoms with Crippen LogP contribution in [0.4, 0.5) is 4.79 Å². The molecule has 0 radical (unpaired) electrons. The third-order valence-electron chi connectivity index (χ3n) is 4.75. The van der Waals surface area contributed by atoms with Crippen molar-refractivity contribution in [2.45, 2.75) is 38.9 Å². The van der Waals surface area contributed by atoms with Crippen LogP contribution in [0.5, 0.6) is 0 Å². The van der Waals surface area contributed by atoms with Gasteiger partial charge in [-0.1, -0.05) is 24.3 Å². The van der Waals surface area contributed by atoms with Gasteiger partial charge in [-0.25, -0.2) is 14.8 Å². The quantitative estimate of drug-likeness (QED) is 0.353. The molecule has 0 spiro atoms. The van der Waals surface area contributed by atoms with Gasteiger partial charge < -0.3 is 25.3 Å². The van der Waals surface area contributed by atoms with E-state index < -0.39 is 0 Å². The lowest BCUT2D eigenvalue weighted by Crippen LogP contribution is -2.48. The molecule has 0 bridgehead atoms. The number of piperidine rings is 1. The molecule has 1 saturated heterocycles. The number of nitrogens with zero attached hydrogens (tertiary/aromatic N) is 4. The highest BCUT2D eigenvalue weighted by Gasteiger charge is 2.23. The van der Waals surface area contributed by atoms with Crippen LogP contribution in [0.25, 0.3) is 0 Å². The Kier molecular flexibility index (Phi) is 9.23. The van der Waals surface area contributed by atoms with Gasteiger partial charge in [-0.2, -0.15) is 0 Å². The maximum absolute atomic E-state index is 11.7. The molecule has 0 atom stereocenters. The number of aromatic nitrogens is 2. The lowest BCUT2D eigenvalue weighted by Gasteiger charge is -2.31. The van der Waals surface area contributed by atoms with E-state index in [1.807, 2.05) is 24.0 Å². The van der Waals surface area contributed by atoms with Crippen molar-refractivity contribution in [2.24, 2.45) is 10.7 Å². The third-order valence-corrected chi connectivity index (χ3v) is 4.75. The van der Waals surface area contributed by atoms with Gasteiger partial charge in [-0.3, -0.25) is 0 Å². The number of ether oxygens (including phenoxy) is 1. The summed E-state index contributed by atoms with van der Waals surface area (Å²) in [4.78, 5) is 22.0. The van der Waals surface area contributed by atoms with E-state index in [1.165, 1.54) is 5.56 Å². The highest BCUT2D eigenvalue weighted by atomic mass is 127. The van der Waals surface area contributed by atoms with Crippen LogP contribution in [0.15, 0.2) is 48.0 Å². The summed E-state index contributed by atoms with van der Waals surface area (Å²) in [6.07, 6.45) is 6.96. The minimum atomic E-state index is -0.237. The fraction of sp³-hybridized carbons (Fsp3) is 0.450. The molecular formula is C20H29IN6O2. The van der Waals surface area contributed by atoms with Crippen molar-refractivity contribution in [2.75, 3.05) is 19.7 Å². The second-order valence-corrected chi connectivity index (χ2v) is 6.86. The van der Waals surface area contributed by atoms with E-state index in [1.54, 1.807) is 11.1 Å². The van der Waals surface area contributed by atoms with Crippen molar-refractivity contribution < 1.29 is 9.53 Å². The predicted octanol–water partition coefficient (Wildman–Crippen LogP) is 2.57. The monoisotopic (exact) mass is 512 g/mol. The molecule has 1 aliphatic heterocycles. The van der Waals surface area contributed by atoms with Crippen molar-refractivity contribution in [1.29, 1.82) is 0 Å². The molecule has 158 valence electrons. The molecule has 3 N–H and O–H groups in total. The summed E-state index contributed by atoms with van der Waals surface area (Å²) in [5, 5.41) is 3.26. The van der Waals surface area contributed by atoms with E-state index in [2.05, 4.69) is 39.6 Å². The number of carbonyl (C=O) groups excluding carboxylic acids is 1. The van der Waals surface area contributed by atoms with Crippen molar-refractivity contribution >= 4 is 36.0 Å². The maximum atomic E-state index is 11.7. The minimum Gasteiger partial charge on any atom is -0.450 e. The standard InChI is InChI=1S/C20H28N6O2.HI/c1-2-28-20(27)26-10-7-18(8-11-26)24-19(21)23-13-16-3-5-17(6-4-16)14-25-12-9-22-15-25;/h3-6,9,12,15,18H,2,7-8,10-11,13-14H2,1H3,(H3,21,23,24);1H. The number of nitrogens with two attached hydrogens (primary N) is 1. The lowest BCUT2D eigenvalue weighted by atomic mass is 10.1. The number of nitrogens with one attached hydrogen (secondary N) is 1. The number of likely N-dealkylation sites (tertiary alicyclic amines) is 1. The van der Waals surface area contributed by atoms with Gasteiger partial charge in [0.05, 0.1) is 19.5 Å². The number of halogens is 1. The zero-order valence-corrected chi connectivity index (χ0v) is 19.0. The number of aliphatic imine (C=N–C) groups is 1. The van der Waals surface area contributed by atoms with Gasteiger partial charge >= 0.3 is 6.09 Å². The van der Waals surface area contributed by atoms with Gasteiger partial charge in [0.15, 0.2) is 5.96 Å². The van der Waals surface area contributed by atoms with E-state index >= 15 is 0 Å². The zero-order valence-electron chi connectivity index (χ0n) is 16.7. The second kappa shape index (κ2) is 11.6. The van der Waals surface area contributed by atoms with Crippen molar-refractivity contribution in [3.63, 3.8) is 0 Å². The Morgan fingerprint density at radius 3 is 2.59 bits per heavy atom. The van der Waals surface area contributed by atoms with E-state index in [-0.39, 0.29) is 36.1 Å². The van der Waals surface area contributed by atoms with Crippen molar-refractivity contribution in [1.82, 2.24) is 19.8 Å². The maximum Gasteiger partial charge on any atom is 0.409 e. The van der Waals surface area contributed by atoms with Gasteiger partial charge in [-0.05, 0) is 30.9 Å². The normalized spacial score (nSPS) is 14.9. The van der Waals surface area contributed by atoms with Crippen LogP contribution in [-0.2, 0) is 17.8 Å². The second-order valence-electron chi connectivity index (χ2n) is 6.86. The molecule has 9 heteroatoms. The highest BCUT2D eigenvalue weighted by Crippen LogP contribution is 2.12. The molecule has 0 saturated carbocycles. The highest BCUT2D eigenvalue weighted by molar-refractivity contribution is 14.0. The summed E-state index contributed by atoms with van der Waals surface area (Å²) in [5.74, 6) is 0.442. The molecule has 3 rings (SSSR count). The molecule has 2 aromatic rings.